The van der Waals surface area contributed by atoms with Gasteiger partial charge in [-0.1, -0.05) is 50.6 Å². The van der Waals surface area contributed by atoms with Crippen LogP contribution in [0.1, 0.15) is 43.4 Å². The molecule has 0 saturated carbocycles. The SMILES string of the molecule is CCCn1c(CN(CC(C)C)C(=O)c2ccccc2Cl)nc2c(F)cccc21. The second-order valence-corrected chi connectivity index (χ2v) is 7.75. The van der Waals surface area contributed by atoms with Crippen molar-refractivity contribution in [2.24, 2.45) is 5.92 Å². The van der Waals surface area contributed by atoms with Crippen molar-refractivity contribution < 1.29 is 9.18 Å². The minimum absolute atomic E-state index is 0.144. The Morgan fingerprint density at radius 2 is 1.96 bits per heavy atom. The Morgan fingerprint density at radius 1 is 1.21 bits per heavy atom. The second-order valence-electron chi connectivity index (χ2n) is 7.35. The summed E-state index contributed by atoms with van der Waals surface area (Å²) in [4.78, 5) is 19.5. The summed E-state index contributed by atoms with van der Waals surface area (Å²) < 4.78 is 16.3. The molecule has 148 valence electrons. The molecule has 3 aromatic rings. The van der Waals surface area contributed by atoms with E-state index in [-0.39, 0.29) is 17.6 Å². The average molecular weight is 402 g/mol. The van der Waals surface area contributed by atoms with Crippen molar-refractivity contribution in [2.75, 3.05) is 6.54 Å². The molecular formula is C22H25ClFN3O. The van der Waals surface area contributed by atoms with Crippen LogP contribution in [0.4, 0.5) is 4.39 Å². The smallest absolute Gasteiger partial charge is 0.255 e. The molecule has 0 aliphatic heterocycles. The molecule has 1 aromatic heterocycles. The van der Waals surface area contributed by atoms with Gasteiger partial charge in [0.2, 0.25) is 0 Å². The third-order valence-corrected chi connectivity index (χ3v) is 4.89. The predicted octanol–water partition coefficient (Wildman–Crippen LogP) is 5.54. The topological polar surface area (TPSA) is 38.1 Å². The van der Waals surface area contributed by atoms with Crippen molar-refractivity contribution in [1.29, 1.82) is 0 Å². The standard InChI is InChI=1S/C22H25ClFN3O/c1-4-12-27-19-11-7-10-18(24)21(19)25-20(27)14-26(13-15(2)3)22(28)16-8-5-6-9-17(16)23/h5-11,15H,4,12-14H2,1-3H3. The summed E-state index contributed by atoms with van der Waals surface area (Å²) in [7, 11) is 0. The molecule has 0 spiro atoms. The predicted molar refractivity (Wildman–Crippen MR) is 111 cm³/mol. The Hall–Kier alpha value is -2.40. The van der Waals surface area contributed by atoms with Crippen LogP contribution in [0.3, 0.4) is 0 Å². The molecule has 1 amide bonds. The zero-order valence-corrected chi connectivity index (χ0v) is 17.2. The monoisotopic (exact) mass is 401 g/mol. The van der Waals surface area contributed by atoms with Crippen LogP contribution in [0.25, 0.3) is 11.0 Å². The van der Waals surface area contributed by atoms with Gasteiger partial charge in [0.05, 0.1) is 22.6 Å². The number of imidazole rings is 1. The number of carbonyl (C=O) groups excluding carboxylic acids is 1. The van der Waals surface area contributed by atoms with Crippen LogP contribution in [-0.2, 0) is 13.1 Å². The van der Waals surface area contributed by atoms with Crippen LogP contribution in [-0.4, -0.2) is 26.9 Å². The highest BCUT2D eigenvalue weighted by Crippen LogP contribution is 2.23. The van der Waals surface area contributed by atoms with Gasteiger partial charge in [0.25, 0.3) is 5.91 Å². The molecule has 0 N–H and O–H groups in total. The lowest BCUT2D eigenvalue weighted by Crippen LogP contribution is -2.35. The first-order chi connectivity index (χ1) is 13.4. The van der Waals surface area contributed by atoms with E-state index in [1.165, 1.54) is 6.07 Å². The molecule has 2 aromatic carbocycles. The van der Waals surface area contributed by atoms with Crippen molar-refractivity contribution in [2.45, 2.75) is 40.3 Å². The zero-order chi connectivity index (χ0) is 20.3. The molecule has 0 saturated heterocycles. The average Bonchev–Trinajstić information content (AvgIpc) is 3.00. The molecule has 4 nitrogen and oxygen atoms in total. The molecule has 0 atom stereocenters. The van der Waals surface area contributed by atoms with Crippen LogP contribution in [0, 0.1) is 11.7 Å². The number of amides is 1. The normalized spacial score (nSPS) is 11.4. The number of para-hydroxylation sites is 1. The van der Waals surface area contributed by atoms with E-state index in [0.29, 0.717) is 41.6 Å². The van der Waals surface area contributed by atoms with Crippen molar-refractivity contribution in [3.8, 4) is 0 Å². The Labute approximate surface area is 169 Å². The van der Waals surface area contributed by atoms with E-state index in [0.717, 1.165) is 11.9 Å². The molecule has 0 aliphatic rings. The number of halogens is 2. The van der Waals surface area contributed by atoms with Gasteiger partial charge in [-0.15, -0.1) is 0 Å². The number of carbonyl (C=O) groups is 1. The fourth-order valence-corrected chi connectivity index (χ4v) is 3.61. The number of aryl methyl sites for hydroxylation is 1. The van der Waals surface area contributed by atoms with Crippen LogP contribution in [0.2, 0.25) is 5.02 Å². The lowest BCUT2D eigenvalue weighted by Gasteiger charge is -2.25. The van der Waals surface area contributed by atoms with Gasteiger partial charge in [-0.2, -0.15) is 0 Å². The summed E-state index contributed by atoms with van der Waals surface area (Å²) in [5.41, 5.74) is 1.57. The van der Waals surface area contributed by atoms with Gasteiger partial charge in [0, 0.05) is 13.1 Å². The largest absolute Gasteiger partial charge is 0.331 e. The summed E-state index contributed by atoms with van der Waals surface area (Å²) in [6.45, 7) is 7.75. The molecule has 1 heterocycles. The Bertz CT molecular complexity index is 983. The van der Waals surface area contributed by atoms with Gasteiger partial charge >= 0.3 is 0 Å². The minimum atomic E-state index is -0.346. The van der Waals surface area contributed by atoms with E-state index in [4.69, 9.17) is 11.6 Å². The van der Waals surface area contributed by atoms with Crippen molar-refractivity contribution >= 4 is 28.5 Å². The van der Waals surface area contributed by atoms with E-state index in [9.17, 15) is 9.18 Å². The van der Waals surface area contributed by atoms with Gasteiger partial charge in [-0.25, -0.2) is 9.37 Å². The summed E-state index contributed by atoms with van der Waals surface area (Å²) in [6, 6.07) is 12.0. The van der Waals surface area contributed by atoms with Crippen LogP contribution < -0.4 is 0 Å². The van der Waals surface area contributed by atoms with Crippen molar-refractivity contribution in [3.05, 3.63) is 64.7 Å². The van der Waals surface area contributed by atoms with E-state index >= 15 is 0 Å². The number of hydrogen-bond acceptors (Lipinski definition) is 2. The Balaban J connectivity index is 2.01. The maximum absolute atomic E-state index is 14.3. The Kier molecular flexibility index (Phi) is 6.35. The molecule has 6 heteroatoms. The van der Waals surface area contributed by atoms with E-state index in [1.54, 1.807) is 35.2 Å². The quantitative estimate of drug-likeness (QED) is 0.521. The third kappa shape index (κ3) is 4.20. The highest BCUT2D eigenvalue weighted by molar-refractivity contribution is 6.33. The first kappa shape index (κ1) is 20.3. The first-order valence-electron chi connectivity index (χ1n) is 9.59. The van der Waals surface area contributed by atoms with Crippen LogP contribution in [0.5, 0.6) is 0 Å². The van der Waals surface area contributed by atoms with E-state index in [1.807, 2.05) is 10.6 Å². The molecule has 0 bridgehead atoms. The minimum Gasteiger partial charge on any atom is -0.331 e. The number of nitrogens with zero attached hydrogens (tertiary/aromatic N) is 3. The third-order valence-electron chi connectivity index (χ3n) is 4.57. The number of fused-ring (bicyclic) bond motifs is 1. The lowest BCUT2D eigenvalue weighted by molar-refractivity contribution is 0.0716. The van der Waals surface area contributed by atoms with Crippen molar-refractivity contribution in [3.63, 3.8) is 0 Å². The number of aromatic nitrogens is 2. The second kappa shape index (κ2) is 8.74. The van der Waals surface area contributed by atoms with Crippen LogP contribution >= 0.6 is 11.6 Å². The van der Waals surface area contributed by atoms with Gasteiger partial charge in [-0.05, 0) is 36.6 Å². The van der Waals surface area contributed by atoms with E-state index in [2.05, 4.69) is 25.8 Å². The molecule has 0 unspecified atom stereocenters. The fourth-order valence-electron chi connectivity index (χ4n) is 3.39. The van der Waals surface area contributed by atoms with Gasteiger partial charge in [0.15, 0.2) is 5.82 Å². The highest BCUT2D eigenvalue weighted by Gasteiger charge is 2.23. The number of benzene rings is 2. The molecule has 3 rings (SSSR count). The van der Waals surface area contributed by atoms with Gasteiger partial charge < -0.3 is 9.47 Å². The molecule has 0 radical (unpaired) electrons. The molecular weight excluding hydrogens is 377 g/mol. The first-order valence-corrected chi connectivity index (χ1v) is 9.97. The number of hydrogen-bond donors (Lipinski definition) is 0. The lowest BCUT2D eigenvalue weighted by atomic mass is 10.1. The summed E-state index contributed by atoms with van der Waals surface area (Å²) in [5, 5.41) is 0.425. The summed E-state index contributed by atoms with van der Waals surface area (Å²) in [6.07, 6.45) is 0.887. The zero-order valence-electron chi connectivity index (χ0n) is 16.5. The van der Waals surface area contributed by atoms with Gasteiger partial charge in [0.1, 0.15) is 11.3 Å². The van der Waals surface area contributed by atoms with Crippen molar-refractivity contribution in [1.82, 2.24) is 14.5 Å². The van der Waals surface area contributed by atoms with E-state index < -0.39 is 0 Å². The summed E-state index contributed by atoms with van der Waals surface area (Å²) >= 11 is 6.25. The fraction of sp³-hybridized carbons (Fsp3) is 0.364. The maximum atomic E-state index is 14.3. The molecule has 0 aliphatic carbocycles. The molecule has 28 heavy (non-hydrogen) atoms. The van der Waals surface area contributed by atoms with Crippen LogP contribution in [0.15, 0.2) is 42.5 Å². The molecule has 0 fully saturated rings. The number of rotatable bonds is 7. The summed E-state index contributed by atoms with van der Waals surface area (Å²) in [5.74, 6) is 0.464. The Morgan fingerprint density at radius 3 is 2.64 bits per heavy atom. The highest BCUT2D eigenvalue weighted by atomic mass is 35.5. The maximum Gasteiger partial charge on any atom is 0.255 e. The van der Waals surface area contributed by atoms with Gasteiger partial charge in [-0.3, -0.25) is 4.79 Å².